The van der Waals surface area contributed by atoms with Crippen LogP contribution in [0.15, 0.2) is 40.8 Å². The van der Waals surface area contributed by atoms with Gasteiger partial charge in [-0.3, -0.25) is 0 Å². The van der Waals surface area contributed by atoms with Crippen molar-refractivity contribution >= 4 is 11.8 Å². The van der Waals surface area contributed by atoms with Crippen LogP contribution in [0.5, 0.6) is 0 Å². The first kappa shape index (κ1) is 14.2. The van der Waals surface area contributed by atoms with Crippen LogP contribution < -0.4 is 5.32 Å². The smallest absolute Gasteiger partial charge is 0.0357 e. The van der Waals surface area contributed by atoms with Gasteiger partial charge in [0.2, 0.25) is 0 Å². The third-order valence-electron chi connectivity index (χ3n) is 4.48. The van der Waals surface area contributed by atoms with Gasteiger partial charge in [-0.1, -0.05) is 36.8 Å². The molecule has 0 radical (unpaired) electrons. The van der Waals surface area contributed by atoms with E-state index < -0.39 is 0 Å². The zero-order valence-electron chi connectivity index (χ0n) is 12.4. The fourth-order valence-corrected chi connectivity index (χ4v) is 4.73. The topological polar surface area (TPSA) is 12.0 Å². The van der Waals surface area contributed by atoms with Crippen LogP contribution in [0.25, 0.3) is 0 Å². The molecule has 2 atom stereocenters. The molecule has 2 heteroatoms. The molecule has 3 rings (SSSR count). The van der Waals surface area contributed by atoms with Crippen molar-refractivity contribution < 1.29 is 0 Å². The van der Waals surface area contributed by atoms with E-state index in [0.29, 0.717) is 12.0 Å². The van der Waals surface area contributed by atoms with Gasteiger partial charge < -0.3 is 5.32 Å². The van der Waals surface area contributed by atoms with Crippen LogP contribution >= 0.6 is 11.8 Å². The molecule has 0 amide bonds. The first-order valence-corrected chi connectivity index (χ1v) is 9.02. The van der Waals surface area contributed by atoms with E-state index in [4.69, 9.17) is 0 Å². The van der Waals surface area contributed by atoms with Crippen molar-refractivity contribution in [2.45, 2.75) is 55.9 Å². The Labute approximate surface area is 127 Å². The Morgan fingerprint density at radius 1 is 1.30 bits per heavy atom. The summed E-state index contributed by atoms with van der Waals surface area (Å²) in [5.74, 6) is 1.89. The number of allylic oxidation sites excluding steroid dienone is 1. The quantitative estimate of drug-likeness (QED) is 0.785. The monoisotopic (exact) mass is 287 g/mol. The van der Waals surface area contributed by atoms with E-state index >= 15 is 0 Å². The second-order valence-corrected chi connectivity index (χ2v) is 6.97. The van der Waals surface area contributed by atoms with E-state index in [1.54, 1.807) is 11.1 Å². The van der Waals surface area contributed by atoms with Crippen LogP contribution in [-0.4, -0.2) is 18.3 Å². The molecule has 1 aliphatic carbocycles. The van der Waals surface area contributed by atoms with Gasteiger partial charge in [0.05, 0.1) is 0 Å². The fourth-order valence-electron chi connectivity index (χ4n) is 3.44. The van der Waals surface area contributed by atoms with Gasteiger partial charge >= 0.3 is 0 Å². The molecule has 1 aromatic carbocycles. The second-order valence-electron chi connectivity index (χ2n) is 5.91. The average Bonchev–Trinajstić information content (AvgIpc) is 2.93. The van der Waals surface area contributed by atoms with Gasteiger partial charge in [-0.05, 0) is 50.3 Å². The molecule has 0 spiro atoms. The highest BCUT2D eigenvalue weighted by atomic mass is 32.2. The maximum atomic E-state index is 3.84. The summed E-state index contributed by atoms with van der Waals surface area (Å²) < 4.78 is 0. The lowest BCUT2D eigenvalue weighted by atomic mass is 9.83. The molecule has 0 bridgehead atoms. The van der Waals surface area contributed by atoms with Crippen LogP contribution in [0, 0.1) is 0 Å². The average molecular weight is 287 g/mol. The zero-order valence-corrected chi connectivity index (χ0v) is 13.2. The van der Waals surface area contributed by atoms with Crippen molar-refractivity contribution in [3.05, 3.63) is 41.5 Å². The summed E-state index contributed by atoms with van der Waals surface area (Å²) >= 11 is 2.03. The lowest BCUT2D eigenvalue weighted by Gasteiger charge is -2.30. The largest absolute Gasteiger partial charge is 0.310 e. The van der Waals surface area contributed by atoms with E-state index in [2.05, 4.69) is 42.6 Å². The van der Waals surface area contributed by atoms with Gasteiger partial charge in [-0.25, -0.2) is 0 Å². The standard InChI is InChI=1S/C18H25NS/c1-2-12-19-18(14-8-4-3-5-9-14)16-13-20-17-11-7-6-10-15(16)17/h6-8,10-11,16,18-19H,2-5,9,12-13H2,1H3. The Morgan fingerprint density at radius 2 is 2.20 bits per heavy atom. The number of hydrogen-bond donors (Lipinski definition) is 1. The summed E-state index contributed by atoms with van der Waals surface area (Å²) in [6, 6.07) is 9.55. The molecule has 0 saturated heterocycles. The maximum absolute atomic E-state index is 3.84. The summed E-state index contributed by atoms with van der Waals surface area (Å²) in [5, 5.41) is 3.84. The second kappa shape index (κ2) is 6.82. The molecule has 1 aromatic rings. The maximum Gasteiger partial charge on any atom is 0.0357 e. The van der Waals surface area contributed by atoms with Crippen molar-refractivity contribution in [1.82, 2.24) is 5.32 Å². The fraction of sp³-hybridized carbons (Fsp3) is 0.556. The van der Waals surface area contributed by atoms with Gasteiger partial charge in [-0.2, -0.15) is 0 Å². The first-order valence-electron chi connectivity index (χ1n) is 8.04. The van der Waals surface area contributed by atoms with Gasteiger partial charge in [0.1, 0.15) is 0 Å². The minimum absolute atomic E-state index is 0.561. The van der Waals surface area contributed by atoms with E-state index in [1.165, 1.54) is 42.8 Å². The molecular weight excluding hydrogens is 262 g/mol. The summed E-state index contributed by atoms with van der Waals surface area (Å²) in [4.78, 5) is 1.50. The molecule has 1 N–H and O–H groups in total. The lowest BCUT2D eigenvalue weighted by Crippen LogP contribution is -2.38. The van der Waals surface area contributed by atoms with E-state index in [-0.39, 0.29) is 0 Å². The summed E-state index contributed by atoms with van der Waals surface area (Å²) in [5.41, 5.74) is 3.24. The third-order valence-corrected chi connectivity index (χ3v) is 5.69. The normalized spacial score (nSPS) is 23.2. The number of rotatable bonds is 5. The minimum Gasteiger partial charge on any atom is -0.310 e. The van der Waals surface area contributed by atoms with E-state index in [0.717, 1.165) is 6.54 Å². The predicted octanol–water partition coefficient (Wildman–Crippen LogP) is 4.74. The summed E-state index contributed by atoms with van der Waals surface area (Å²) in [7, 11) is 0. The van der Waals surface area contributed by atoms with Crippen LogP contribution in [0.4, 0.5) is 0 Å². The molecule has 0 saturated carbocycles. The van der Waals surface area contributed by atoms with Crippen LogP contribution in [0.3, 0.4) is 0 Å². The van der Waals surface area contributed by atoms with Crippen molar-refractivity contribution in [3.8, 4) is 0 Å². The van der Waals surface area contributed by atoms with Crippen LogP contribution in [0.1, 0.15) is 50.5 Å². The number of fused-ring (bicyclic) bond motifs is 1. The molecule has 0 aromatic heterocycles. The van der Waals surface area contributed by atoms with Crippen molar-refractivity contribution in [1.29, 1.82) is 0 Å². The molecule has 1 nitrogen and oxygen atoms in total. The molecule has 20 heavy (non-hydrogen) atoms. The van der Waals surface area contributed by atoms with E-state index in [1.807, 2.05) is 11.8 Å². The highest BCUT2D eigenvalue weighted by Crippen LogP contribution is 2.43. The summed E-state index contributed by atoms with van der Waals surface area (Å²) in [6.07, 6.45) is 9.05. The SMILES string of the molecule is CCCNC(C1=CCCCC1)C1CSc2ccccc21. The molecule has 1 heterocycles. The van der Waals surface area contributed by atoms with Crippen molar-refractivity contribution in [2.75, 3.05) is 12.3 Å². The van der Waals surface area contributed by atoms with Gasteiger partial charge in [-0.15, -0.1) is 11.8 Å². The molecular formula is C18H25NS. The zero-order chi connectivity index (χ0) is 13.8. The van der Waals surface area contributed by atoms with Crippen molar-refractivity contribution in [2.24, 2.45) is 0 Å². The highest BCUT2D eigenvalue weighted by molar-refractivity contribution is 7.99. The van der Waals surface area contributed by atoms with Gasteiger partial charge in [0, 0.05) is 22.6 Å². The Bertz CT molecular complexity index is 480. The van der Waals surface area contributed by atoms with Crippen LogP contribution in [-0.2, 0) is 0 Å². The minimum atomic E-state index is 0.561. The van der Waals surface area contributed by atoms with Gasteiger partial charge in [0.25, 0.3) is 0 Å². The third kappa shape index (κ3) is 2.96. The Balaban J connectivity index is 1.84. The molecule has 2 aliphatic rings. The summed E-state index contributed by atoms with van der Waals surface area (Å²) in [6.45, 7) is 3.39. The number of hydrogen-bond acceptors (Lipinski definition) is 2. The number of benzene rings is 1. The Kier molecular flexibility index (Phi) is 4.85. The molecule has 1 aliphatic heterocycles. The Hall–Kier alpha value is -0.730. The van der Waals surface area contributed by atoms with Crippen LogP contribution in [0.2, 0.25) is 0 Å². The number of nitrogens with one attached hydrogen (secondary N) is 1. The predicted molar refractivity (Wildman–Crippen MR) is 88.5 cm³/mol. The highest BCUT2D eigenvalue weighted by Gasteiger charge is 2.32. The van der Waals surface area contributed by atoms with Crippen molar-refractivity contribution in [3.63, 3.8) is 0 Å². The molecule has 0 fully saturated rings. The van der Waals surface area contributed by atoms with Gasteiger partial charge in [0.15, 0.2) is 0 Å². The lowest BCUT2D eigenvalue weighted by molar-refractivity contribution is 0.479. The molecule has 108 valence electrons. The van der Waals surface area contributed by atoms with E-state index in [9.17, 15) is 0 Å². The first-order chi connectivity index (χ1) is 9.90. The number of thioether (sulfide) groups is 1. The Morgan fingerprint density at radius 3 is 3.00 bits per heavy atom. The molecule has 2 unspecified atom stereocenters.